The van der Waals surface area contributed by atoms with Crippen molar-refractivity contribution < 1.29 is 9.18 Å². The van der Waals surface area contributed by atoms with E-state index in [0.717, 1.165) is 19.3 Å². The lowest BCUT2D eigenvalue weighted by Gasteiger charge is -2.03. The molecule has 0 aliphatic heterocycles. The van der Waals surface area contributed by atoms with Crippen molar-refractivity contribution in [1.29, 1.82) is 0 Å². The van der Waals surface area contributed by atoms with Crippen LogP contribution in [0.1, 0.15) is 37.4 Å². The average Bonchev–Trinajstić information content (AvgIpc) is 2.73. The van der Waals surface area contributed by atoms with Gasteiger partial charge in [-0.3, -0.25) is 9.36 Å². The van der Waals surface area contributed by atoms with E-state index >= 15 is 0 Å². The van der Waals surface area contributed by atoms with Crippen molar-refractivity contribution >= 4 is 28.7 Å². The van der Waals surface area contributed by atoms with Crippen LogP contribution in [0.3, 0.4) is 0 Å². The molecule has 2 heterocycles. The summed E-state index contributed by atoms with van der Waals surface area (Å²) in [5.74, 6) is -0.136. The van der Waals surface area contributed by atoms with Crippen LogP contribution in [0.5, 0.6) is 0 Å². The Bertz CT molecular complexity index is 584. The summed E-state index contributed by atoms with van der Waals surface area (Å²) in [5, 5.41) is -0.0983. The minimum Gasteiger partial charge on any atom is -0.274 e. The molecule has 0 unspecified atom stereocenters. The number of hydrogen-bond acceptors (Lipinski definition) is 4. The van der Waals surface area contributed by atoms with Crippen LogP contribution in [0.4, 0.5) is 4.39 Å². The zero-order valence-corrected chi connectivity index (χ0v) is 10.6. The highest BCUT2D eigenvalue weighted by Crippen LogP contribution is 2.20. The van der Waals surface area contributed by atoms with Crippen LogP contribution in [0.15, 0.2) is 6.33 Å². The quantitative estimate of drug-likeness (QED) is 0.487. The van der Waals surface area contributed by atoms with Gasteiger partial charge < -0.3 is 0 Å². The number of unbranched alkanes of at least 4 members (excludes halogenated alkanes) is 2. The number of aromatic nitrogens is 4. The monoisotopic (exact) mass is 270 g/mol. The van der Waals surface area contributed by atoms with Gasteiger partial charge in [0, 0.05) is 6.42 Å². The maximum absolute atomic E-state index is 12.9. The van der Waals surface area contributed by atoms with Gasteiger partial charge in [0.25, 0.3) is 0 Å². The molecule has 0 aliphatic carbocycles. The van der Waals surface area contributed by atoms with Gasteiger partial charge in [-0.1, -0.05) is 31.4 Å². The van der Waals surface area contributed by atoms with Gasteiger partial charge in [-0.15, -0.1) is 0 Å². The Balaban J connectivity index is 2.31. The summed E-state index contributed by atoms with van der Waals surface area (Å²) < 4.78 is 14.2. The van der Waals surface area contributed by atoms with Crippen molar-refractivity contribution in [1.82, 2.24) is 19.5 Å². The molecule has 0 fully saturated rings. The van der Waals surface area contributed by atoms with Crippen molar-refractivity contribution in [3.8, 4) is 0 Å². The van der Waals surface area contributed by atoms with Crippen LogP contribution in [-0.4, -0.2) is 25.4 Å². The van der Waals surface area contributed by atoms with Gasteiger partial charge in [0.05, 0.1) is 0 Å². The van der Waals surface area contributed by atoms with E-state index in [-0.39, 0.29) is 22.2 Å². The molecule has 2 rings (SSSR count). The Morgan fingerprint density at radius 2 is 2.22 bits per heavy atom. The average molecular weight is 271 g/mol. The van der Waals surface area contributed by atoms with E-state index in [1.807, 2.05) is 0 Å². The van der Waals surface area contributed by atoms with E-state index in [2.05, 4.69) is 21.9 Å². The van der Waals surface area contributed by atoms with Crippen molar-refractivity contribution in [3.05, 3.63) is 17.6 Å². The summed E-state index contributed by atoms with van der Waals surface area (Å²) in [5.41, 5.74) is 0.357. The van der Waals surface area contributed by atoms with Gasteiger partial charge >= 0.3 is 6.08 Å². The summed E-state index contributed by atoms with van der Waals surface area (Å²) in [6.07, 6.45) is 3.57. The first-order chi connectivity index (χ1) is 8.63. The van der Waals surface area contributed by atoms with Gasteiger partial charge in [0.15, 0.2) is 10.8 Å². The van der Waals surface area contributed by atoms with Crippen molar-refractivity contribution in [2.24, 2.45) is 0 Å². The maximum Gasteiger partial charge on any atom is 0.312 e. The molecule has 0 N–H and O–H groups in total. The molecule has 0 aromatic carbocycles. The molecule has 0 saturated carbocycles. The molecule has 0 bridgehead atoms. The lowest BCUT2D eigenvalue weighted by molar-refractivity contribution is 0.0904. The predicted octanol–water partition coefficient (Wildman–Crippen LogP) is 2.84. The van der Waals surface area contributed by atoms with Crippen LogP contribution in [0, 0.1) is 6.08 Å². The summed E-state index contributed by atoms with van der Waals surface area (Å²) in [6, 6.07) is 0. The first-order valence-electron chi connectivity index (χ1n) is 5.72. The summed E-state index contributed by atoms with van der Waals surface area (Å²) >= 11 is 5.81. The number of fused-ring (bicyclic) bond motifs is 1. The van der Waals surface area contributed by atoms with Crippen LogP contribution < -0.4 is 0 Å². The Morgan fingerprint density at radius 1 is 1.44 bits per heavy atom. The Labute approximate surface area is 108 Å². The highest BCUT2D eigenvalue weighted by molar-refractivity contribution is 6.33. The zero-order chi connectivity index (χ0) is 13.1. The molecular formula is C11H12ClFN4O. The largest absolute Gasteiger partial charge is 0.312 e. The number of imidazole rings is 1. The lowest BCUT2D eigenvalue weighted by Crippen LogP contribution is -2.09. The fourth-order valence-corrected chi connectivity index (χ4v) is 1.94. The molecule has 0 saturated heterocycles. The van der Waals surface area contributed by atoms with Crippen molar-refractivity contribution in [2.75, 3.05) is 0 Å². The van der Waals surface area contributed by atoms with E-state index in [0.29, 0.717) is 6.42 Å². The minimum atomic E-state index is -0.948. The minimum absolute atomic E-state index is 0.0938. The Kier molecular flexibility index (Phi) is 3.86. The summed E-state index contributed by atoms with van der Waals surface area (Å²) in [4.78, 5) is 22.7. The highest BCUT2D eigenvalue weighted by Gasteiger charge is 2.16. The molecule has 96 valence electrons. The predicted molar refractivity (Wildman–Crippen MR) is 65.1 cm³/mol. The molecule has 0 amide bonds. The summed E-state index contributed by atoms with van der Waals surface area (Å²) in [7, 11) is 0. The van der Waals surface area contributed by atoms with Gasteiger partial charge in [-0.25, -0.2) is 4.98 Å². The normalized spacial score (nSPS) is 11.1. The third kappa shape index (κ3) is 2.48. The van der Waals surface area contributed by atoms with E-state index in [1.54, 1.807) is 0 Å². The van der Waals surface area contributed by atoms with Crippen LogP contribution in [0.25, 0.3) is 11.2 Å². The van der Waals surface area contributed by atoms with Crippen LogP contribution in [0.2, 0.25) is 5.15 Å². The van der Waals surface area contributed by atoms with Crippen LogP contribution >= 0.6 is 11.6 Å². The smallest absolute Gasteiger partial charge is 0.274 e. The molecule has 2 aromatic rings. The third-order valence-corrected chi connectivity index (χ3v) is 2.86. The first kappa shape index (κ1) is 12.9. The molecular weight excluding hydrogens is 259 g/mol. The molecule has 2 aromatic heterocycles. The Hall–Kier alpha value is -1.56. The number of carbonyl (C=O) groups is 1. The second-order valence-corrected chi connectivity index (χ2v) is 4.28. The SMILES string of the molecule is CCCCCC(=O)n1cnc2nc(F)nc(Cl)c21. The third-order valence-electron chi connectivity index (χ3n) is 2.60. The van der Waals surface area contributed by atoms with Crippen molar-refractivity contribution in [3.63, 3.8) is 0 Å². The second kappa shape index (κ2) is 5.39. The lowest BCUT2D eigenvalue weighted by atomic mass is 10.2. The summed E-state index contributed by atoms with van der Waals surface area (Å²) in [6.45, 7) is 2.06. The van der Waals surface area contributed by atoms with E-state index in [4.69, 9.17) is 11.6 Å². The highest BCUT2D eigenvalue weighted by atomic mass is 35.5. The molecule has 0 aliphatic rings. The van der Waals surface area contributed by atoms with Crippen LogP contribution in [-0.2, 0) is 0 Å². The zero-order valence-electron chi connectivity index (χ0n) is 9.86. The molecule has 18 heavy (non-hydrogen) atoms. The number of halogens is 2. The molecule has 5 nitrogen and oxygen atoms in total. The van der Waals surface area contributed by atoms with E-state index < -0.39 is 6.08 Å². The molecule has 7 heteroatoms. The number of carbonyl (C=O) groups excluding carboxylic acids is 1. The molecule has 0 spiro atoms. The van der Waals surface area contributed by atoms with E-state index in [9.17, 15) is 9.18 Å². The first-order valence-corrected chi connectivity index (χ1v) is 6.10. The standard InChI is InChI=1S/C11H12ClFN4O/c1-2-3-4-5-7(18)17-6-14-10-8(17)9(12)15-11(13)16-10/h6H,2-5H2,1H3. The fourth-order valence-electron chi connectivity index (χ4n) is 1.69. The number of nitrogens with zero attached hydrogens (tertiary/aromatic N) is 4. The van der Waals surface area contributed by atoms with Gasteiger partial charge in [0.1, 0.15) is 11.8 Å². The van der Waals surface area contributed by atoms with Gasteiger partial charge in [-0.05, 0) is 6.42 Å². The fraction of sp³-hybridized carbons (Fsp3) is 0.455. The van der Waals surface area contributed by atoms with Gasteiger partial charge in [-0.2, -0.15) is 14.4 Å². The van der Waals surface area contributed by atoms with E-state index in [1.165, 1.54) is 10.9 Å². The van der Waals surface area contributed by atoms with Crippen molar-refractivity contribution in [2.45, 2.75) is 32.6 Å². The molecule has 0 radical (unpaired) electrons. The number of rotatable bonds is 4. The second-order valence-electron chi connectivity index (χ2n) is 3.92. The topological polar surface area (TPSA) is 60.7 Å². The molecule has 0 atom stereocenters. The Morgan fingerprint density at radius 3 is 2.94 bits per heavy atom. The maximum atomic E-state index is 12.9. The van der Waals surface area contributed by atoms with Gasteiger partial charge in [0.2, 0.25) is 5.91 Å². The number of hydrogen-bond donors (Lipinski definition) is 0.